The summed E-state index contributed by atoms with van der Waals surface area (Å²) in [6.07, 6.45) is 3.38. The van der Waals surface area contributed by atoms with Gasteiger partial charge in [-0.3, -0.25) is 4.79 Å². The number of amides is 1. The third kappa shape index (κ3) is 3.11. The van der Waals surface area contributed by atoms with E-state index >= 15 is 0 Å². The minimum atomic E-state index is -0.418. The van der Waals surface area contributed by atoms with Crippen LogP contribution in [0.1, 0.15) is 18.9 Å². The molecule has 0 radical (unpaired) electrons. The molecule has 0 bridgehead atoms. The Labute approximate surface area is 118 Å². The van der Waals surface area contributed by atoms with Crippen LogP contribution in [0, 0.1) is 0 Å². The quantitative estimate of drug-likeness (QED) is 0.748. The maximum Gasteiger partial charge on any atom is 0.236 e. The van der Waals surface area contributed by atoms with Crippen molar-refractivity contribution in [2.75, 3.05) is 13.7 Å². The first-order valence-electron chi connectivity index (χ1n) is 6.83. The van der Waals surface area contributed by atoms with Gasteiger partial charge in [-0.2, -0.15) is 0 Å². The van der Waals surface area contributed by atoms with Gasteiger partial charge in [0.25, 0.3) is 0 Å². The molecule has 0 spiro atoms. The predicted molar refractivity (Wildman–Crippen MR) is 79.8 cm³/mol. The van der Waals surface area contributed by atoms with Gasteiger partial charge in [0.15, 0.2) is 0 Å². The summed E-state index contributed by atoms with van der Waals surface area (Å²) in [5.41, 5.74) is 7.89. The fourth-order valence-electron chi connectivity index (χ4n) is 2.13. The van der Waals surface area contributed by atoms with Gasteiger partial charge in [0.1, 0.15) is 5.75 Å². The summed E-state index contributed by atoms with van der Waals surface area (Å²) in [7, 11) is 1.65. The van der Waals surface area contributed by atoms with Crippen molar-refractivity contribution < 1.29 is 9.53 Å². The Balaban J connectivity index is 2.01. The summed E-state index contributed by atoms with van der Waals surface area (Å²) in [6, 6.07) is 5.49. The number of fused-ring (bicyclic) bond motifs is 1. The molecule has 0 aliphatic heterocycles. The molecule has 0 saturated carbocycles. The normalized spacial score (nSPS) is 12.3. The second kappa shape index (κ2) is 6.43. The average molecular weight is 275 g/mol. The summed E-state index contributed by atoms with van der Waals surface area (Å²) < 4.78 is 5.24. The van der Waals surface area contributed by atoms with Gasteiger partial charge >= 0.3 is 0 Å². The number of ether oxygens (including phenoxy) is 1. The van der Waals surface area contributed by atoms with E-state index in [1.165, 1.54) is 0 Å². The van der Waals surface area contributed by atoms with Gasteiger partial charge in [-0.25, -0.2) is 0 Å². The van der Waals surface area contributed by atoms with E-state index in [0.29, 0.717) is 13.0 Å². The molecule has 5 nitrogen and oxygen atoms in total. The number of hydrogen-bond acceptors (Lipinski definition) is 3. The molecule has 0 saturated heterocycles. The van der Waals surface area contributed by atoms with Gasteiger partial charge in [0.05, 0.1) is 13.2 Å². The molecule has 0 aliphatic carbocycles. The number of rotatable bonds is 6. The summed E-state index contributed by atoms with van der Waals surface area (Å²) in [5, 5.41) is 3.98. The van der Waals surface area contributed by atoms with Gasteiger partial charge in [0.2, 0.25) is 5.91 Å². The molecule has 1 atom stereocenters. The van der Waals surface area contributed by atoms with Crippen LogP contribution < -0.4 is 15.8 Å². The third-order valence-electron chi connectivity index (χ3n) is 3.44. The predicted octanol–water partition coefficient (Wildman–Crippen LogP) is 1.57. The summed E-state index contributed by atoms with van der Waals surface area (Å²) in [4.78, 5) is 14.8. The number of methoxy groups -OCH3 is 1. The SMILES string of the molecule is CC[C@H](N)C(=O)NCCc1c[nH]c2ccc(OC)cc12. The largest absolute Gasteiger partial charge is 0.497 e. The van der Waals surface area contributed by atoms with Crippen LogP contribution in [0.25, 0.3) is 10.9 Å². The third-order valence-corrected chi connectivity index (χ3v) is 3.44. The van der Waals surface area contributed by atoms with E-state index in [1.54, 1.807) is 7.11 Å². The highest BCUT2D eigenvalue weighted by Gasteiger charge is 2.10. The lowest BCUT2D eigenvalue weighted by Gasteiger charge is -2.09. The zero-order valence-corrected chi connectivity index (χ0v) is 11.9. The second-order valence-electron chi connectivity index (χ2n) is 4.78. The number of nitrogens with two attached hydrogens (primary N) is 1. The standard InChI is InChI=1S/C15H21N3O2/c1-3-13(16)15(19)17-7-6-10-9-18-14-5-4-11(20-2)8-12(10)14/h4-5,8-9,13,18H,3,6-7,16H2,1-2H3,(H,17,19)/t13-/m0/s1. The zero-order chi connectivity index (χ0) is 14.5. The Bertz CT molecular complexity index is 592. The molecular formula is C15H21N3O2. The number of aromatic amines is 1. The molecule has 1 aromatic carbocycles. The van der Waals surface area contributed by atoms with Crippen molar-refractivity contribution in [3.05, 3.63) is 30.0 Å². The van der Waals surface area contributed by atoms with Crippen molar-refractivity contribution in [2.24, 2.45) is 5.73 Å². The van der Waals surface area contributed by atoms with Gasteiger partial charge < -0.3 is 20.8 Å². The van der Waals surface area contributed by atoms with E-state index in [9.17, 15) is 4.79 Å². The fourth-order valence-corrected chi connectivity index (χ4v) is 2.13. The molecule has 0 fully saturated rings. The van der Waals surface area contributed by atoms with Crippen LogP contribution in [0.15, 0.2) is 24.4 Å². The van der Waals surface area contributed by atoms with Crippen molar-refractivity contribution in [2.45, 2.75) is 25.8 Å². The Morgan fingerprint density at radius 1 is 1.50 bits per heavy atom. The molecule has 1 amide bonds. The summed E-state index contributed by atoms with van der Waals surface area (Å²) in [5.74, 6) is 0.736. The van der Waals surface area contributed by atoms with Crippen molar-refractivity contribution in [3.8, 4) is 5.75 Å². The van der Waals surface area contributed by atoms with E-state index in [-0.39, 0.29) is 5.91 Å². The molecule has 20 heavy (non-hydrogen) atoms. The number of nitrogens with one attached hydrogen (secondary N) is 2. The smallest absolute Gasteiger partial charge is 0.236 e. The Kier molecular flexibility index (Phi) is 4.63. The summed E-state index contributed by atoms with van der Waals surface area (Å²) >= 11 is 0. The van der Waals surface area contributed by atoms with E-state index in [4.69, 9.17) is 10.5 Å². The first kappa shape index (κ1) is 14.4. The molecule has 5 heteroatoms. The van der Waals surface area contributed by atoms with Gasteiger partial charge in [-0.05, 0) is 36.6 Å². The van der Waals surface area contributed by atoms with E-state index in [1.807, 2.05) is 31.3 Å². The van der Waals surface area contributed by atoms with Gasteiger partial charge in [-0.1, -0.05) is 6.92 Å². The first-order valence-corrected chi connectivity index (χ1v) is 6.83. The van der Waals surface area contributed by atoms with E-state index in [2.05, 4.69) is 10.3 Å². The van der Waals surface area contributed by atoms with Crippen molar-refractivity contribution in [1.82, 2.24) is 10.3 Å². The van der Waals surface area contributed by atoms with E-state index < -0.39 is 6.04 Å². The molecule has 1 aromatic heterocycles. The minimum absolute atomic E-state index is 0.0927. The van der Waals surface area contributed by atoms with Gasteiger partial charge in [0, 0.05) is 23.6 Å². The maximum absolute atomic E-state index is 11.6. The minimum Gasteiger partial charge on any atom is -0.497 e. The Morgan fingerprint density at radius 2 is 2.30 bits per heavy atom. The number of carbonyl (C=O) groups excluding carboxylic acids is 1. The molecule has 2 rings (SSSR count). The topological polar surface area (TPSA) is 80.1 Å². The molecule has 2 aromatic rings. The van der Waals surface area contributed by atoms with Crippen LogP contribution in [0.2, 0.25) is 0 Å². The summed E-state index contributed by atoms with van der Waals surface area (Å²) in [6.45, 7) is 2.48. The zero-order valence-electron chi connectivity index (χ0n) is 11.9. The molecule has 4 N–H and O–H groups in total. The maximum atomic E-state index is 11.6. The van der Waals surface area contributed by atoms with Gasteiger partial charge in [-0.15, -0.1) is 0 Å². The highest BCUT2D eigenvalue weighted by molar-refractivity contribution is 5.85. The van der Waals surface area contributed by atoms with Crippen molar-refractivity contribution >= 4 is 16.8 Å². The highest BCUT2D eigenvalue weighted by atomic mass is 16.5. The molecule has 1 heterocycles. The van der Waals surface area contributed by atoms with Crippen LogP contribution in [-0.2, 0) is 11.2 Å². The van der Waals surface area contributed by atoms with Crippen LogP contribution in [-0.4, -0.2) is 30.6 Å². The van der Waals surface area contributed by atoms with Crippen molar-refractivity contribution in [3.63, 3.8) is 0 Å². The van der Waals surface area contributed by atoms with Crippen LogP contribution in [0.4, 0.5) is 0 Å². The first-order chi connectivity index (χ1) is 9.65. The average Bonchev–Trinajstić information content (AvgIpc) is 2.88. The number of benzene rings is 1. The lowest BCUT2D eigenvalue weighted by Crippen LogP contribution is -2.40. The monoisotopic (exact) mass is 275 g/mol. The van der Waals surface area contributed by atoms with Crippen LogP contribution >= 0.6 is 0 Å². The highest BCUT2D eigenvalue weighted by Crippen LogP contribution is 2.23. The fraction of sp³-hybridized carbons (Fsp3) is 0.400. The van der Waals surface area contributed by atoms with Crippen LogP contribution in [0.3, 0.4) is 0 Å². The number of H-pyrrole nitrogens is 1. The number of carbonyl (C=O) groups is 1. The van der Waals surface area contributed by atoms with Crippen LogP contribution in [0.5, 0.6) is 5.75 Å². The molecular weight excluding hydrogens is 254 g/mol. The number of aromatic nitrogens is 1. The second-order valence-corrected chi connectivity index (χ2v) is 4.78. The van der Waals surface area contributed by atoms with E-state index in [0.717, 1.165) is 28.6 Å². The Hall–Kier alpha value is -2.01. The Morgan fingerprint density at radius 3 is 3.00 bits per heavy atom. The lowest BCUT2D eigenvalue weighted by molar-refractivity contribution is -0.122. The number of hydrogen-bond donors (Lipinski definition) is 3. The molecule has 0 unspecified atom stereocenters. The molecule has 0 aliphatic rings. The molecule has 108 valence electrons. The lowest BCUT2D eigenvalue weighted by atomic mass is 10.1. The van der Waals surface area contributed by atoms with Crippen molar-refractivity contribution in [1.29, 1.82) is 0 Å².